The highest BCUT2D eigenvalue weighted by atomic mass is 15.4. The van der Waals surface area contributed by atoms with Gasteiger partial charge in [0.25, 0.3) is 0 Å². The fourth-order valence-electron chi connectivity index (χ4n) is 1.65. The second-order valence-electron chi connectivity index (χ2n) is 4.64. The molecular formula is C12H23N3. The predicted molar refractivity (Wildman–Crippen MR) is 62.7 cm³/mol. The van der Waals surface area contributed by atoms with E-state index in [4.69, 9.17) is 0 Å². The molecule has 1 aromatic heterocycles. The van der Waals surface area contributed by atoms with Gasteiger partial charge in [-0.05, 0) is 18.8 Å². The van der Waals surface area contributed by atoms with E-state index in [-0.39, 0.29) is 0 Å². The third-order valence-electron chi connectivity index (χ3n) is 2.42. The van der Waals surface area contributed by atoms with E-state index in [1.54, 1.807) is 0 Å². The van der Waals surface area contributed by atoms with Gasteiger partial charge in [-0.3, -0.25) is 4.68 Å². The highest BCUT2D eigenvalue weighted by molar-refractivity contribution is 4.92. The maximum Gasteiger partial charge on any atom is 0.0827 e. The van der Waals surface area contributed by atoms with Gasteiger partial charge in [-0.2, -0.15) is 0 Å². The molecule has 0 unspecified atom stereocenters. The van der Waals surface area contributed by atoms with Gasteiger partial charge in [0.2, 0.25) is 0 Å². The van der Waals surface area contributed by atoms with Gasteiger partial charge in [-0.25, -0.2) is 0 Å². The van der Waals surface area contributed by atoms with E-state index >= 15 is 0 Å². The van der Waals surface area contributed by atoms with Crippen molar-refractivity contribution in [1.82, 2.24) is 15.0 Å². The van der Waals surface area contributed by atoms with Crippen molar-refractivity contribution in [3.05, 3.63) is 11.9 Å². The van der Waals surface area contributed by atoms with Gasteiger partial charge in [0.05, 0.1) is 5.69 Å². The average molecular weight is 209 g/mol. The molecule has 3 heteroatoms. The van der Waals surface area contributed by atoms with E-state index in [1.807, 2.05) is 4.68 Å². The van der Waals surface area contributed by atoms with Crippen molar-refractivity contribution in [3.63, 3.8) is 0 Å². The number of nitrogens with zero attached hydrogens (tertiary/aromatic N) is 3. The summed E-state index contributed by atoms with van der Waals surface area (Å²) in [5.41, 5.74) is 1.15. The molecule has 0 aliphatic heterocycles. The van der Waals surface area contributed by atoms with Crippen molar-refractivity contribution in [1.29, 1.82) is 0 Å². The third-order valence-corrected chi connectivity index (χ3v) is 2.42. The minimum absolute atomic E-state index is 0.639. The Kier molecular flexibility index (Phi) is 5.37. The molecular weight excluding hydrogens is 186 g/mol. The van der Waals surface area contributed by atoms with E-state index in [1.165, 1.54) is 25.7 Å². The SMILES string of the molecule is CCCCCCc1cn(CC(C)C)nn1. The molecule has 1 heterocycles. The van der Waals surface area contributed by atoms with Crippen molar-refractivity contribution in [2.45, 2.75) is 59.4 Å². The zero-order chi connectivity index (χ0) is 11.1. The van der Waals surface area contributed by atoms with E-state index in [0.717, 1.165) is 18.7 Å². The van der Waals surface area contributed by atoms with Crippen LogP contribution in [0, 0.1) is 5.92 Å². The summed E-state index contributed by atoms with van der Waals surface area (Å²) in [4.78, 5) is 0. The molecule has 0 atom stereocenters. The van der Waals surface area contributed by atoms with Crippen molar-refractivity contribution in [2.75, 3.05) is 0 Å². The summed E-state index contributed by atoms with van der Waals surface area (Å²) in [7, 11) is 0. The lowest BCUT2D eigenvalue weighted by molar-refractivity contribution is 0.472. The fourth-order valence-corrected chi connectivity index (χ4v) is 1.65. The molecule has 0 spiro atoms. The average Bonchev–Trinajstić information content (AvgIpc) is 2.59. The number of hydrogen-bond acceptors (Lipinski definition) is 2. The number of rotatable bonds is 7. The molecule has 0 N–H and O–H groups in total. The lowest BCUT2D eigenvalue weighted by Crippen LogP contribution is -2.04. The summed E-state index contributed by atoms with van der Waals surface area (Å²) in [5, 5.41) is 8.30. The first-order valence-corrected chi connectivity index (χ1v) is 6.11. The number of hydrogen-bond donors (Lipinski definition) is 0. The van der Waals surface area contributed by atoms with Gasteiger partial charge in [-0.15, -0.1) is 5.10 Å². The first-order chi connectivity index (χ1) is 7.22. The van der Waals surface area contributed by atoms with E-state index in [0.29, 0.717) is 5.92 Å². The summed E-state index contributed by atoms with van der Waals surface area (Å²) < 4.78 is 1.96. The molecule has 86 valence electrons. The first-order valence-electron chi connectivity index (χ1n) is 6.11. The highest BCUT2D eigenvalue weighted by Crippen LogP contribution is 2.05. The summed E-state index contributed by atoms with van der Waals surface area (Å²) >= 11 is 0. The fraction of sp³-hybridized carbons (Fsp3) is 0.833. The second-order valence-corrected chi connectivity index (χ2v) is 4.64. The summed E-state index contributed by atoms with van der Waals surface area (Å²) in [6.07, 6.45) is 8.35. The van der Waals surface area contributed by atoms with Gasteiger partial charge in [0.1, 0.15) is 0 Å². The first kappa shape index (κ1) is 12.2. The van der Waals surface area contributed by atoms with Crippen LogP contribution in [0.1, 0.15) is 52.1 Å². The van der Waals surface area contributed by atoms with Crippen LogP contribution < -0.4 is 0 Å². The van der Waals surface area contributed by atoms with Crippen LogP contribution in [0.25, 0.3) is 0 Å². The predicted octanol–water partition coefficient (Wildman–Crippen LogP) is 3.06. The molecule has 0 aromatic carbocycles. The standard InChI is InChI=1S/C12H23N3/c1-4-5-6-7-8-12-10-15(14-13-12)9-11(2)3/h10-11H,4-9H2,1-3H3. The maximum absolute atomic E-state index is 4.18. The Balaban J connectivity index is 2.26. The van der Waals surface area contributed by atoms with Gasteiger partial charge < -0.3 is 0 Å². The van der Waals surface area contributed by atoms with Crippen molar-refractivity contribution < 1.29 is 0 Å². The Morgan fingerprint density at radius 2 is 2.07 bits per heavy atom. The zero-order valence-electron chi connectivity index (χ0n) is 10.2. The van der Waals surface area contributed by atoms with E-state index < -0.39 is 0 Å². The molecule has 0 amide bonds. The Morgan fingerprint density at radius 1 is 1.27 bits per heavy atom. The summed E-state index contributed by atoms with van der Waals surface area (Å²) in [6.45, 7) is 7.60. The lowest BCUT2D eigenvalue weighted by atomic mass is 10.1. The minimum atomic E-state index is 0.639. The van der Waals surface area contributed by atoms with Crippen LogP contribution in [0.2, 0.25) is 0 Å². The minimum Gasteiger partial charge on any atom is -0.252 e. The molecule has 0 bridgehead atoms. The van der Waals surface area contributed by atoms with Crippen molar-refractivity contribution >= 4 is 0 Å². The molecule has 0 aliphatic carbocycles. The molecule has 15 heavy (non-hydrogen) atoms. The molecule has 1 aromatic rings. The lowest BCUT2D eigenvalue weighted by Gasteiger charge is -2.01. The van der Waals surface area contributed by atoms with Gasteiger partial charge >= 0.3 is 0 Å². The quantitative estimate of drug-likeness (QED) is 0.646. The third kappa shape index (κ3) is 4.96. The van der Waals surface area contributed by atoms with E-state index in [2.05, 4.69) is 37.3 Å². The van der Waals surface area contributed by atoms with Crippen LogP contribution in [-0.2, 0) is 13.0 Å². The largest absolute Gasteiger partial charge is 0.252 e. The monoisotopic (exact) mass is 209 g/mol. The molecule has 0 saturated heterocycles. The van der Waals surface area contributed by atoms with Crippen LogP contribution in [0.4, 0.5) is 0 Å². The molecule has 0 fully saturated rings. The molecule has 1 rings (SSSR count). The topological polar surface area (TPSA) is 30.7 Å². The Labute approximate surface area is 92.9 Å². The number of unbranched alkanes of at least 4 members (excludes halogenated alkanes) is 3. The Morgan fingerprint density at radius 3 is 2.73 bits per heavy atom. The normalized spacial score (nSPS) is 11.2. The molecule has 0 saturated carbocycles. The maximum atomic E-state index is 4.18. The van der Waals surface area contributed by atoms with Crippen LogP contribution >= 0.6 is 0 Å². The van der Waals surface area contributed by atoms with Crippen LogP contribution in [-0.4, -0.2) is 15.0 Å². The van der Waals surface area contributed by atoms with Crippen molar-refractivity contribution in [3.8, 4) is 0 Å². The van der Waals surface area contributed by atoms with Crippen LogP contribution in [0.15, 0.2) is 6.20 Å². The number of aromatic nitrogens is 3. The van der Waals surface area contributed by atoms with Crippen LogP contribution in [0.3, 0.4) is 0 Å². The molecule has 3 nitrogen and oxygen atoms in total. The van der Waals surface area contributed by atoms with E-state index in [9.17, 15) is 0 Å². The smallest absolute Gasteiger partial charge is 0.0827 e. The van der Waals surface area contributed by atoms with Crippen LogP contribution in [0.5, 0.6) is 0 Å². The van der Waals surface area contributed by atoms with Crippen molar-refractivity contribution in [2.24, 2.45) is 5.92 Å². The molecule has 0 radical (unpaired) electrons. The van der Waals surface area contributed by atoms with Gasteiger partial charge in [0.15, 0.2) is 0 Å². The summed E-state index contributed by atoms with van der Waals surface area (Å²) in [5.74, 6) is 0.639. The van der Waals surface area contributed by atoms with Gasteiger partial charge in [-0.1, -0.05) is 45.2 Å². The van der Waals surface area contributed by atoms with Gasteiger partial charge in [0, 0.05) is 12.7 Å². The number of aryl methyl sites for hydroxylation is 1. The highest BCUT2D eigenvalue weighted by Gasteiger charge is 2.02. The summed E-state index contributed by atoms with van der Waals surface area (Å²) in [6, 6.07) is 0. The molecule has 0 aliphatic rings. The Bertz CT molecular complexity index is 266. The Hall–Kier alpha value is -0.860. The second kappa shape index (κ2) is 6.59. The zero-order valence-corrected chi connectivity index (χ0v) is 10.2.